The van der Waals surface area contributed by atoms with Crippen LogP contribution in [0.3, 0.4) is 0 Å². The first-order valence-electron chi connectivity index (χ1n) is 5.29. The summed E-state index contributed by atoms with van der Waals surface area (Å²) in [6.07, 6.45) is 1.91. The number of esters is 1. The summed E-state index contributed by atoms with van der Waals surface area (Å²) in [6.45, 7) is 0.668. The Bertz CT molecular complexity index is 484. The van der Waals surface area contributed by atoms with Gasteiger partial charge in [-0.05, 0) is 12.1 Å². The number of rotatable bonds is 4. The minimum absolute atomic E-state index is 0.109. The van der Waals surface area contributed by atoms with Crippen LogP contribution in [0.4, 0.5) is 0 Å². The summed E-state index contributed by atoms with van der Waals surface area (Å²) in [4.78, 5) is 11.2. The van der Waals surface area contributed by atoms with Gasteiger partial charge in [-0.15, -0.1) is 0 Å². The van der Waals surface area contributed by atoms with E-state index >= 15 is 0 Å². The highest BCUT2D eigenvalue weighted by atomic mass is 16.5. The fraction of sp³-hybridized carbons (Fsp3) is 0.250. The largest absolute Gasteiger partial charge is 0.465 e. The van der Waals surface area contributed by atoms with Crippen molar-refractivity contribution in [1.82, 2.24) is 9.78 Å². The summed E-state index contributed by atoms with van der Waals surface area (Å²) >= 11 is 0. The molecule has 2 N–H and O–H groups in total. The molecular formula is C12H14N2O3. The second-order valence-electron chi connectivity index (χ2n) is 3.64. The van der Waals surface area contributed by atoms with E-state index < -0.39 is 0 Å². The van der Waals surface area contributed by atoms with Gasteiger partial charge in [0.05, 0.1) is 31.5 Å². The predicted molar refractivity (Wildman–Crippen MR) is 62.6 cm³/mol. The average Bonchev–Trinajstić information content (AvgIpc) is 2.32. The number of ether oxygens (including phenoxy) is 1. The van der Waals surface area contributed by atoms with Crippen LogP contribution in [0, 0.1) is 0 Å². The van der Waals surface area contributed by atoms with Crippen LogP contribution in [0.1, 0.15) is 10.4 Å². The van der Waals surface area contributed by atoms with E-state index in [0.717, 1.165) is 11.3 Å². The van der Waals surface area contributed by atoms with Gasteiger partial charge in [-0.3, -0.25) is 9.78 Å². The zero-order chi connectivity index (χ0) is 12.3. The molecule has 0 bridgehead atoms. The lowest BCUT2D eigenvalue weighted by Gasteiger charge is -2.14. The van der Waals surface area contributed by atoms with E-state index in [4.69, 9.17) is 5.11 Å². The smallest absolute Gasteiger partial charge is 0.337 e. The van der Waals surface area contributed by atoms with Crippen molar-refractivity contribution in [3.63, 3.8) is 0 Å². The number of nitrogens with zero attached hydrogens (tertiary/aromatic N) is 1. The molecule has 1 aromatic heterocycles. The molecule has 5 heteroatoms. The Morgan fingerprint density at radius 2 is 2.06 bits per heavy atom. The zero-order valence-corrected chi connectivity index (χ0v) is 9.51. The summed E-state index contributed by atoms with van der Waals surface area (Å²) in [7, 11) is 1.36. The van der Waals surface area contributed by atoms with Gasteiger partial charge in [-0.2, -0.15) is 0 Å². The Morgan fingerprint density at radius 1 is 1.41 bits per heavy atom. The third kappa shape index (κ3) is 2.39. The first kappa shape index (κ1) is 11.5. The molecule has 0 unspecified atom stereocenters. The number of H-pyrrole nitrogens is 1. The highest BCUT2D eigenvalue weighted by molar-refractivity contribution is 5.89. The van der Waals surface area contributed by atoms with Gasteiger partial charge in [0.2, 0.25) is 0 Å². The van der Waals surface area contributed by atoms with Crippen molar-refractivity contribution in [3.8, 4) is 11.3 Å². The highest BCUT2D eigenvalue weighted by Gasteiger charge is 2.07. The Hall–Kier alpha value is -2.01. The van der Waals surface area contributed by atoms with E-state index in [1.54, 1.807) is 16.8 Å². The first-order valence-corrected chi connectivity index (χ1v) is 5.29. The van der Waals surface area contributed by atoms with Crippen molar-refractivity contribution in [1.29, 1.82) is 0 Å². The van der Waals surface area contributed by atoms with Crippen molar-refractivity contribution >= 4 is 5.97 Å². The Morgan fingerprint density at radius 3 is 2.59 bits per heavy atom. The molecule has 2 aromatic rings. The third-order valence-electron chi connectivity index (χ3n) is 2.51. The number of aliphatic hydroxyl groups is 1. The minimum Gasteiger partial charge on any atom is -0.465 e. The maximum atomic E-state index is 11.2. The van der Waals surface area contributed by atoms with Crippen molar-refractivity contribution in [3.05, 3.63) is 36.0 Å². The van der Waals surface area contributed by atoms with Crippen LogP contribution >= 0.6 is 0 Å². The second-order valence-corrected chi connectivity index (χ2v) is 3.64. The summed E-state index contributed by atoms with van der Waals surface area (Å²) in [6, 6.07) is 7.14. The maximum absolute atomic E-state index is 11.2. The predicted octanol–water partition coefficient (Wildman–Crippen LogP) is 1.26. The van der Waals surface area contributed by atoms with E-state index in [9.17, 15) is 4.79 Å². The summed E-state index contributed by atoms with van der Waals surface area (Å²) in [5, 5.41) is 11.8. The van der Waals surface area contributed by atoms with E-state index in [1.165, 1.54) is 7.11 Å². The van der Waals surface area contributed by atoms with Crippen LogP contribution in [0.2, 0.25) is 0 Å². The topological polar surface area (TPSA) is 67.2 Å². The molecule has 5 nitrogen and oxygen atoms in total. The van der Waals surface area contributed by atoms with Gasteiger partial charge in [0.1, 0.15) is 0 Å². The quantitative estimate of drug-likeness (QED) is 0.783. The lowest BCUT2D eigenvalue weighted by molar-refractivity contribution is 0.0601. The molecule has 0 aliphatic heterocycles. The number of carbonyl (C=O) groups is 1. The molecule has 90 valence electrons. The summed E-state index contributed by atoms with van der Waals surface area (Å²) < 4.78 is 6.42. The average molecular weight is 234 g/mol. The third-order valence-corrected chi connectivity index (χ3v) is 2.51. The van der Waals surface area contributed by atoms with Gasteiger partial charge in [-0.1, -0.05) is 12.1 Å². The van der Waals surface area contributed by atoms with Gasteiger partial charge in [0.15, 0.2) is 0 Å². The fourth-order valence-corrected chi connectivity index (χ4v) is 1.58. The van der Waals surface area contributed by atoms with Crippen LogP contribution in [-0.4, -0.2) is 34.6 Å². The molecule has 0 fully saturated rings. The molecule has 0 aliphatic rings. The summed E-state index contributed by atoms with van der Waals surface area (Å²) in [5.41, 5.74) is 2.49. The minimum atomic E-state index is -0.339. The standard InChI is InChI=1S/C12H14N2O3/c1-17-12(16)10-4-2-9(3-5-10)11-8-14(13-11)6-7-15/h2-5,8,13,15H,6-7H2,1H3. The highest BCUT2D eigenvalue weighted by Crippen LogP contribution is 2.19. The van der Waals surface area contributed by atoms with E-state index in [1.807, 2.05) is 18.3 Å². The van der Waals surface area contributed by atoms with Crippen LogP contribution < -0.4 is 0 Å². The molecular weight excluding hydrogens is 220 g/mol. The molecule has 1 heterocycles. The maximum Gasteiger partial charge on any atom is 0.337 e. The van der Waals surface area contributed by atoms with Crippen molar-refractivity contribution in [2.75, 3.05) is 13.7 Å². The van der Waals surface area contributed by atoms with Crippen LogP contribution in [0.5, 0.6) is 0 Å². The molecule has 0 spiro atoms. The molecule has 0 radical (unpaired) electrons. The number of aromatic amines is 1. The Labute approximate surface area is 98.6 Å². The molecule has 0 aliphatic carbocycles. The second kappa shape index (κ2) is 4.88. The molecule has 0 amide bonds. The summed E-state index contributed by atoms with van der Waals surface area (Å²) in [5.74, 6) is -0.339. The molecule has 1 aromatic carbocycles. The number of aromatic nitrogens is 2. The van der Waals surface area contributed by atoms with Gasteiger partial charge >= 0.3 is 5.97 Å². The molecule has 17 heavy (non-hydrogen) atoms. The van der Waals surface area contributed by atoms with E-state index in [-0.39, 0.29) is 12.6 Å². The Kier molecular flexibility index (Phi) is 3.30. The number of methoxy groups -OCH3 is 1. The first-order chi connectivity index (χ1) is 8.24. The number of carbonyl (C=O) groups excluding carboxylic acids is 1. The SMILES string of the molecule is COC(=O)c1ccc(-c2cn(CCO)[nH]2)cc1. The van der Waals surface area contributed by atoms with Crippen LogP contribution in [-0.2, 0) is 11.3 Å². The van der Waals surface area contributed by atoms with Gasteiger partial charge in [-0.25, -0.2) is 4.79 Å². The fourth-order valence-electron chi connectivity index (χ4n) is 1.58. The number of hydrogen-bond acceptors (Lipinski definition) is 3. The zero-order valence-electron chi connectivity index (χ0n) is 9.51. The Balaban J connectivity index is 2.10. The number of nitrogens with one attached hydrogen (secondary N) is 1. The lowest BCUT2D eigenvalue weighted by Crippen LogP contribution is -2.12. The monoisotopic (exact) mass is 234 g/mol. The normalized spacial score (nSPS) is 10.5. The van der Waals surface area contributed by atoms with Crippen LogP contribution in [0.15, 0.2) is 30.5 Å². The van der Waals surface area contributed by atoms with E-state index in [0.29, 0.717) is 12.1 Å². The molecule has 0 saturated heterocycles. The van der Waals surface area contributed by atoms with Gasteiger partial charge < -0.3 is 9.84 Å². The number of benzene rings is 1. The molecule has 0 saturated carbocycles. The number of hydrogen-bond donors (Lipinski definition) is 2. The van der Waals surface area contributed by atoms with Crippen LogP contribution in [0.25, 0.3) is 11.3 Å². The van der Waals surface area contributed by atoms with Gasteiger partial charge in [0.25, 0.3) is 0 Å². The van der Waals surface area contributed by atoms with E-state index in [2.05, 4.69) is 9.84 Å². The van der Waals surface area contributed by atoms with Crippen molar-refractivity contribution < 1.29 is 14.6 Å². The van der Waals surface area contributed by atoms with Gasteiger partial charge in [0, 0.05) is 11.8 Å². The lowest BCUT2D eigenvalue weighted by atomic mass is 10.1. The number of aliphatic hydroxyl groups excluding tert-OH is 1. The molecule has 0 atom stereocenters. The molecule has 2 rings (SSSR count). The van der Waals surface area contributed by atoms with Crippen molar-refractivity contribution in [2.45, 2.75) is 6.54 Å². The van der Waals surface area contributed by atoms with Crippen molar-refractivity contribution in [2.24, 2.45) is 0 Å².